The van der Waals surface area contributed by atoms with Crippen LogP contribution in [0, 0.1) is 11.8 Å². The van der Waals surface area contributed by atoms with Crippen molar-refractivity contribution in [2.24, 2.45) is 11.8 Å². The normalized spacial score (nSPS) is 16.0. The highest BCUT2D eigenvalue weighted by molar-refractivity contribution is 4.54. The fourth-order valence-corrected chi connectivity index (χ4v) is 1.39. The maximum absolute atomic E-state index is 2.36. The highest BCUT2D eigenvalue weighted by Gasteiger charge is 2.00. The van der Waals surface area contributed by atoms with Crippen LogP contribution in [0.15, 0.2) is 0 Å². The van der Waals surface area contributed by atoms with E-state index in [1.165, 1.54) is 38.5 Å². The first-order chi connectivity index (χ1) is 5.70. The monoisotopic (exact) mass is 170 g/mol. The summed E-state index contributed by atoms with van der Waals surface area (Å²) in [4.78, 5) is 0. The Morgan fingerprint density at radius 1 is 0.750 bits per heavy atom. The molecule has 74 valence electrons. The van der Waals surface area contributed by atoms with E-state index in [0.717, 1.165) is 11.8 Å². The van der Waals surface area contributed by atoms with Gasteiger partial charge in [0.15, 0.2) is 0 Å². The Morgan fingerprint density at radius 2 is 1.08 bits per heavy atom. The zero-order valence-electron chi connectivity index (χ0n) is 9.40. The minimum atomic E-state index is 0.946. The lowest BCUT2D eigenvalue weighted by atomic mass is 9.97. The summed E-state index contributed by atoms with van der Waals surface area (Å²) in [6, 6.07) is 0. The van der Waals surface area contributed by atoms with Crippen LogP contribution in [0.3, 0.4) is 0 Å². The van der Waals surface area contributed by atoms with Crippen LogP contribution in [-0.2, 0) is 0 Å². The van der Waals surface area contributed by atoms with Crippen molar-refractivity contribution in [2.75, 3.05) is 0 Å². The third-order valence-corrected chi connectivity index (χ3v) is 3.04. The zero-order chi connectivity index (χ0) is 9.40. The molecule has 2 atom stereocenters. The molecule has 0 aromatic heterocycles. The Morgan fingerprint density at radius 3 is 1.33 bits per heavy atom. The Kier molecular flexibility index (Phi) is 7.64. The van der Waals surface area contributed by atoms with Crippen LogP contribution in [-0.4, -0.2) is 0 Å². The first-order valence-electron chi connectivity index (χ1n) is 5.70. The van der Waals surface area contributed by atoms with Crippen LogP contribution in [0.4, 0.5) is 0 Å². The minimum absolute atomic E-state index is 0.946. The average molecular weight is 170 g/mol. The third-order valence-electron chi connectivity index (χ3n) is 3.04. The molecule has 0 bridgehead atoms. The summed E-state index contributed by atoms with van der Waals surface area (Å²) >= 11 is 0. The molecule has 0 aromatic rings. The Balaban J connectivity index is 3.10. The fourth-order valence-electron chi connectivity index (χ4n) is 1.39. The lowest BCUT2D eigenvalue weighted by Gasteiger charge is -2.10. The molecule has 0 fully saturated rings. The molecule has 0 N–H and O–H groups in total. The molecule has 0 aliphatic heterocycles. The van der Waals surface area contributed by atoms with Crippen molar-refractivity contribution in [3.63, 3.8) is 0 Å². The van der Waals surface area contributed by atoms with Gasteiger partial charge in [-0.2, -0.15) is 0 Å². The second-order valence-corrected chi connectivity index (χ2v) is 4.31. The molecular weight excluding hydrogens is 144 g/mol. The molecule has 0 radical (unpaired) electrons. The van der Waals surface area contributed by atoms with Gasteiger partial charge in [0, 0.05) is 0 Å². The lowest BCUT2D eigenvalue weighted by molar-refractivity contribution is 0.436. The summed E-state index contributed by atoms with van der Waals surface area (Å²) in [6.45, 7) is 9.31. The van der Waals surface area contributed by atoms with E-state index in [1.807, 2.05) is 0 Å². The van der Waals surface area contributed by atoms with E-state index < -0.39 is 0 Å². The molecule has 0 saturated carbocycles. The SMILES string of the molecule is CC[C@@H](C)CCCC[C@H](C)CC. The number of hydrogen-bond acceptors (Lipinski definition) is 0. The molecule has 12 heavy (non-hydrogen) atoms. The number of unbranched alkanes of at least 4 members (excludes halogenated alkanes) is 1. The first-order valence-corrected chi connectivity index (χ1v) is 5.70. The van der Waals surface area contributed by atoms with Crippen LogP contribution in [0.5, 0.6) is 0 Å². The van der Waals surface area contributed by atoms with Crippen molar-refractivity contribution in [1.29, 1.82) is 0 Å². The predicted octanol–water partition coefficient (Wildman–Crippen LogP) is 4.64. The first kappa shape index (κ1) is 12.0. The van der Waals surface area contributed by atoms with Gasteiger partial charge >= 0.3 is 0 Å². The van der Waals surface area contributed by atoms with Crippen LogP contribution in [0.25, 0.3) is 0 Å². The topological polar surface area (TPSA) is 0 Å². The van der Waals surface area contributed by atoms with Crippen molar-refractivity contribution in [3.05, 3.63) is 0 Å². The molecule has 0 spiro atoms. The molecule has 0 rings (SSSR count). The summed E-state index contributed by atoms with van der Waals surface area (Å²) in [7, 11) is 0. The molecule has 0 aromatic carbocycles. The van der Waals surface area contributed by atoms with Gasteiger partial charge in [-0.05, 0) is 11.8 Å². The minimum Gasteiger partial charge on any atom is -0.0651 e. The van der Waals surface area contributed by atoms with Crippen molar-refractivity contribution in [1.82, 2.24) is 0 Å². The van der Waals surface area contributed by atoms with Gasteiger partial charge in [0.1, 0.15) is 0 Å². The van der Waals surface area contributed by atoms with Crippen LogP contribution in [0.2, 0.25) is 0 Å². The van der Waals surface area contributed by atoms with Gasteiger partial charge in [0.25, 0.3) is 0 Å². The quantitative estimate of drug-likeness (QED) is 0.488. The van der Waals surface area contributed by atoms with Crippen molar-refractivity contribution in [2.45, 2.75) is 66.2 Å². The number of rotatable bonds is 7. The van der Waals surface area contributed by atoms with Crippen LogP contribution < -0.4 is 0 Å². The summed E-state index contributed by atoms with van der Waals surface area (Å²) in [6.07, 6.45) is 8.46. The molecular formula is C12H26. The van der Waals surface area contributed by atoms with Crippen molar-refractivity contribution >= 4 is 0 Å². The average Bonchev–Trinajstić information content (AvgIpc) is 2.11. The van der Waals surface area contributed by atoms with Gasteiger partial charge in [0.05, 0.1) is 0 Å². The Labute approximate surface area is 78.8 Å². The highest BCUT2D eigenvalue weighted by Crippen LogP contribution is 2.16. The van der Waals surface area contributed by atoms with Gasteiger partial charge in [-0.25, -0.2) is 0 Å². The van der Waals surface area contributed by atoms with E-state index in [9.17, 15) is 0 Å². The van der Waals surface area contributed by atoms with Crippen LogP contribution >= 0.6 is 0 Å². The van der Waals surface area contributed by atoms with Gasteiger partial charge in [-0.3, -0.25) is 0 Å². The third kappa shape index (κ3) is 6.69. The lowest BCUT2D eigenvalue weighted by Crippen LogP contribution is -1.95. The Hall–Kier alpha value is 0. The van der Waals surface area contributed by atoms with Gasteiger partial charge in [-0.1, -0.05) is 66.2 Å². The molecule has 0 saturated heterocycles. The summed E-state index contributed by atoms with van der Waals surface area (Å²) in [5.74, 6) is 1.89. The smallest absolute Gasteiger partial charge is 0.0445 e. The molecule has 0 unspecified atom stereocenters. The fraction of sp³-hybridized carbons (Fsp3) is 1.00. The summed E-state index contributed by atoms with van der Waals surface area (Å²) in [5.41, 5.74) is 0. The van der Waals surface area contributed by atoms with E-state index in [2.05, 4.69) is 27.7 Å². The maximum Gasteiger partial charge on any atom is -0.0445 e. The van der Waals surface area contributed by atoms with Gasteiger partial charge in [-0.15, -0.1) is 0 Å². The highest BCUT2D eigenvalue weighted by atomic mass is 14.1. The van der Waals surface area contributed by atoms with E-state index in [0.29, 0.717) is 0 Å². The standard InChI is InChI=1S/C12H26/c1-5-11(3)9-7-8-10-12(4)6-2/h11-12H,5-10H2,1-4H3/t11-,12-/m1/s1. The largest absolute Gasteiger partial charge is 0.0651 e. The van der Waals surface area contributed by atoms with Gasteiger partial charge in [0.2, 0.25) is 0 Å². The molecule has 0 amide bonds. The second-order valence-electron chi connectivity index (χ2n) is 4.31. The van der Waals surface area contributed by atoms with E-state index >= 15 is 0 Å². The van der Waals surface area contributed by atoms with E-state index in [1.54, 1.807) is 0 Å². The molecule has 0 nitrogen and oxygen atoms in total. The maximum atomic E-state index is 2.36. The van der Waals surface area contributed by atoms with Gasteiger partial charge < -0.3 is 0 Å². The molecule has 0 heteroatoms. The molecule has 0 aliphatic rings. The Bertz CT molecular complexity index is 74.0. The van der Waals surface area contributed by atoms with E-state index in [4.69, 9.17) is 0 Å². The van der Waals surface area contributed by atoms with Crippen LogP contribution in [0.1, 0.15) is 66.2 Å². The van der Waals surface area contributed by atoms with Crippen molar-refractivity contribution in [3.8, 4) is 0 Å². The predicted molar refractivity (Wildman–Crippen MR) is 57.4 cm³/mol. The molecule has 0 heterocycles. The van der Waals surface area contributed by atoms with E-state index in [-0.39, 0.29) is 0 Å². The second kappa shape index (κ2) is 7.64. The zero-order valence-corrected chi connectivity index (χ0v) is 9.40. The number of hydrogen-bond donors (Lipinski definition) is 0. The van der Waals surface area contributed by atoms with Crippen molar-refractivity contribution < 1.29 is 0 Å². The summed E-state index contributed by atoms with van der Waals surface area (Å²) < 4.78 is 0. The molecule has 0 aliphatic carbocycles. The summed E-state index contributed by atoms with van der Waals surface area (Å²) in [5, 5.41) is 0.